The van der Waals surface area contributed by atoms with Gasteiger partial charge in [0.25, 0.3) is 0 Å². The quantitative estimate of drug-likeness (QED) is 0.508. The zero-order valence-corrected chi connectivity index (χ0v) is 19.0. The molecule has 0 aliphatic carbocycles. The van der Waals surface area contributed by atoms with E-state index in [1.54, 1.807) is 13.3 Å². The van der Waals surface area contributed by atoms with Gasteiger partial charge in [0.2, 0.25) is 5.91 Å². The van der Waals surface area contributed by atoms with Gasteiger partial charge in [-0.05, 0) is 55.5 Å². The van der Waals surface area contributed by atoms with Crippen LogP contribution in [0.5, 0.6) is 5.75 Å². The van der Waals surface area contributed by atoms with Crippen LogP contribution in [0, 0.1) is 0 Å². The lowest BCUT2D eigenvalue weighted by atomic mass is 10.0. The number of pyridine rings is 1. The maximum absolute atomic E-state index is 12.7. The summed E-state index contributed by atoms with van der Waals surface area (Å²) in [6, 6.07) is 17.3. The molecule has 1 aliphatic heterocycles. The second-order valence-electron chi connectivity index (χ2n) is 7.54. The molecule has 7 nitrogen and oxygen atoms in total. The van der Waals surface area contributed by atoms with Gasteiger partial charge < -0.3 is 24.8 Å². The number of benzene rings is 1. The Bertz CT molecular complexity index is 1080. The molecule has 32 heavy (non-hydrogen) atoms. The highest BCUT2D eigenvalue weighted by Crippen LogP contribution is 2.38. The second-order valence-corrected chi connectivity index (χ2v) is 7.92. The van der Waals surface area contributed by atoms with Crippen LogP contribution in [-0.4, -0.2) is 39.1 Å². The molecular weight excluding hydrogens is 422 g/mol. The number of amides is 1. The summed E-state index contributed by atoms with van der Waals surface area (Å²) in [5.41, 5.74) is 2.72. The molecule has 0 spiro atoms. The third kappa shape index (κ3) is 4.45. The van der Waals surface area contributed by atoms with Crippen molar-refractivity contribution < 1.29 is 9.53 Å². The van der Waals surface area contributed by atoms with Gasteiger partial charge >= 0.3 is 0 Å². The predicted molar refractivity (Wildman–Crippen MR) is 129 cm³/mol. The molecule has 2 atom stereocenters. The number of anilines is 1. The van der Waals surface area contributed by atoms with E-state index in [-0.39, 0.29) is 24.4 Å². The van der Waals surface area contributed by atoms with E-state index in [1.807, 2.05) is 48.5 Å². The Morgan fingerprint density at radius 3 is 2.75 bits per heavy atom. The second kappa shape index (κ2) is 9.82. The van der Waals surface area contributed by atoms with Crippen LogP contribution in [0.2, 0.25) is 0 Å². The molecule has 2 aromatic heterocycles. The predicted octanol–water partition coefficient (Wildman–Crippen LogP) is 3.91. The molecular formula is C24H27N5O2S. The molecule has 1 amide bonds. The maximum Gasteiger partial charge on any atom is 0.226 e. The highest BCUT2D eigenvalue weighted by Gasteiger charge is 2.40. The Morgan fingerprint density at radius 2 is 2.00 bits per heavy atom. The van der Waals surface area contributed by atoms with Gasteiger partial charge in [-0.25, -0.2) is 0 Å². The molecule has 1 saturated heterocycles. The number of nitrogens with zero attached hydrogens (tertiary/aromatic N) is 3. The number of rotatable bonds is 8. The number of aromatic nitrogens is 2. The molecule has 1 aromatic carbocycles. The van der Waals surface area contributed by atoms with Crippen molar-refractivity contribution in [3.05, 3.63) is 78.4 Å². The first-order chi connectivity index (χ1) is 15.6. The Morgan fingerprint density at radius 1 is 1.19 bits per heavy atom. The molecule has 1 aliphatic rings. The van der Waals surface area contributed by atoms with Gasteiger partial charge in [-0.15, -0.1) is 0 Å². The fraction of sp³-hybridized carbons (Fsp3) is 0.292. The largest absolute Gasteiger partial charge is 0.495 e. The van der Waals surface area contributed by atoms with E-state index in [0.717, 1.165) is 17.9 Å². The Balaban J connectivity index is 1.54. The van der Waals surface area contributed by atoms with Gasteiger partial charge in [0.15, 0.2) is 5.11 Å². The molecule has 3 aromatic rings. The number of thiocarbonyl (C=S) groups is 1. The summed E-state index contributed by atoms with van der Waals surface area (Å²) >= 11 is 5.70. The molecule has 0 bridgehead atoms. The highest BCUT2D eigenvalue weighted by molar-refractivity contribution is 7.80. The number of aryl methyl sites for hydroxylation is 1. The average molecular weight is 450 g/mol. The molecule has 0 saturated carbocycles. The number of carbonyl (C=O) groups is 1. The van der Waals surface area contributed by atoms with E-state index in [4.69, 9.17) is 17.0 Å². The number of ether oxygens (including phenoxy) is 1. The van der Waals surface area contributed by atoms with Crippen molar-refractivity contribution in [2.45, 2.75) is 32.0 Å². The molecule has 2 N–H and O–H groups in total. The molecule has 3 heterocycles. The van der Waals surface area contributed by atoms with Crippen molar-refractivity contribution in [3.8, 4) is 5.75 Å². The van der Waals surface area contributed by atoms with Crippen LogP contribution >= 0.6 is 12.2 Å². The van der Waals surface area contributed by atoms with Crippen LogP contribution in [0.4, 0.5) is 5.69 Å². The maximum atomic E-state index is 12.7. The minimum Gasteiger partial charge on any atom is -0.495 e. The molecule has 166 valence electrons. The minimum absolute atomic E-state index is 0.0635. The summed E-state index contributed by atoms with van der Waals surface area (Å²) in [5, 5.41) is 7.00. The van der Waals surface area contributed by atoms with E-state index >= 15 is 0 Å². The van der Waals surface area contributed by atoms with Crippen molar-refractivity contribution in [2.24, 2.45) is 0 Å². The van der Waals surface area contributed by atoms with Crippen molar-refractivity contribution in [3.63, 3.8) is 0 Å². The van der Waals surface area contributed by atoms with Gasteiger partial charge in [0.05, 0.1) is 30.6 Å². The van der Waals surface area contributed by atoms with Gasteiger partial charge in [-0.2, -0.15) is 0 Å². The Labute approximate surface area is 193 Å². The minimum atomic E-state index is -0.0961. The number of nitrogens with one attached hydrogen (secondary N) is 2. The van der Waals surface area contributed by atoms with Crippen molar-refractivity contribution >= 4 is 28.9 Å². The van der Waals surface area contributed by atoms with Crippen LogP contribution in [0.15, 0.2) is 67.0 Å². The summed E-state index contributed by atoms with van der Waals surface area (Å²) in [6.07, 6.45) is 4.15. The van der Waals surface area contributed by atoms with E-state index in [0.29, 0.717) is 23.1 Å². The molecule has 1 fully saturated rings. The van der Waals surface area contributed by atoms with E-state index in [1.165, 1.54) is 0 Å². The zero-order chi connectivity index (χ0) is 22.5. The standard InChI is InChI=1S/C24H27N5O2S/c1-3-28-15-8-11-19(28)23-22(18-10-6-7-14-25-18)27-24(32)29(23)16-13-21(30)26-17-9-4-5-12-20(17)31-2/h4-12,14-15,22-23H,3,13,16H2,1-2H3,(H,26,30)(H,27,32)/t22-,23+/m0/s1. The van der Waals surface area contributed by atoms with Crippen LogP contribution in [0.25, 0.3) is 0 Å². The van der Waals surface area contributed by atoms with Crippen molar-refractivity contribution in [1.82, 2.24) is 19.8 Å². The molecule has 4 rings (SSSR count). The third-order valence-corrected chi connectivity index (χ3v) is 6.02. The van der Waals surface area contributed by atoms with Crippen molar-refractivity contribution in [1.29, 1.82) is 0 Å². The average Bonchev–Trinajstić information content (AvgIpc) is 3.42. The SMILES string of the molecule is CCn1cccc1[C@@H]1[C@H](c2ccccn2)NC(=S)N1CCC(=O)Nc1ccccc1OC. The normalized spacial score (nSPS) is 17.8. The summed E-state index contributed by atoms with van der Waals surface area (Å²) in [5.74, 6) is 0.538. The Hall–Kier alpha value is -3.39. The molecule has 0 unspecified atom stereocenters. The number of hydrogen-bond donors (Lipinski definition) is 2. The fourth-order valence-corrected chi connectivity index (χ4v) is 4.47. The lowest BCUT2D eigenvalue weighted by molar-refractivity contribution is -0.116. The summed E-state index contributed by atoms with van der Waals surface area (Å²) < 4.78 is 7.54. The zero-order valence-electron chi connectivity index (χ0n) is 18.2. The number of methoxy groups -OCH3 is 1. The van der Waals surface area contributed by atoms with E-state index < -0.39 is 0 Å². The van der Waals surface area contributed by atoms with Gasteiger partial charge in [-0.1, -0.05) is 18.2 Å². The fourth-order valence-electron chi connectivity index (χ4n) is 4.13. The smallest absolute Gasteiger partial charge is 0.226 e. The first kappa shape index (κ1) is 21.8. The lowest BCUT2D eigenvalue weighted by Crippen LogP contribution is -2.33. The summed E-state index contributed by atoms with van der Waals surface area (Å²) in [6.45, 7) is 3.45. The monoisotopic (exact) mass is 449 g/mol. The van der Waals surface area contributed by atoms with Gasteiger partial charge in [-0.3, -0.25) is 9.78 Å². The highest BCUT2D eigenvalue weighted by atomic mass is 32.1. The number of carbonyl (C=O) groups excluding carboxylic acids is 1. The van der Waals surface area contributed by atoms with Crippen molar-refractivity contribution in [2.75, 3.05) is 19.0 Å². The topological polar surface area (TPSA) is 71.4 Å². The van der Waals surface area contributed by atoms with Crippen LogP contribution in [0.3, 0.4) is 0 Å². The lowest BCUT2D eigenvalue weighted by Gasteiger charge is -2.28. The number of para-hydroxylation sites is 2. The Kier molecular flexibility index (Phi) is 6.70. The van der Waals surface area contributed by atoms with Crippen LogP contribution in [-0.2, 0) is 11.3 Å². The first-order valence-corrected chi connectivity index (χ1v) is 11.1. The van der Waals surface area contributed by atoms with E-state index in [2.05, 4.69) is 44.3 Å². The van der Waals surface area contributed by atoms with Gasteiger partial charge in [0.1, 0.15) is 5.75 Å². The van der Waals surface area contributed by atoms with Crippen LogP contribution in [0.1, 0.15) is 36.8 Å². The van der Waals surface area contributed by atoms with Gasteiger partial charge in [0, 0.05) is 37.6 Å². The summed E-state index contributed by atoms with van der Waals surface area (Å²) in [4.78, 5) is 19.4. The van der Waals surface area contributed by atoms with Crippen LogP contribution < -0.4 is 15.4 Å². The third-order valence-electron chi connectivity index (χ3n) is 5.67. The summed E-state index contributed by atoms with van der Waals surface area (Å²) in [7, 11) is 1.59. The molecule has 0 radical (unpaired) electrons. The number of hydrogen-bond acceptors (Lipinski definition) is 4. The first-order valence-electron chi connectivity index (χ1n) is 10.7. The molecule has 8 heteroatoms. The van der Waals surface area contributed by atoms with E-state index in [9.17, 15) is 4.79 Å².